The first-order chi connectivity index (χ1) is 9.15. The molecular formula is C15H13ClFNO. The number of hydrogen-bond acceptors (Lipinski definition) is 2. The van der Waals surface area contributed by atoms with Gasteiger partial charge in [0.2, 0.25) is 0 Å². The van der Waals surface area contributed by atoms with E-state index in [1.54, 1.807) is 18.5 Å². The van der Waals surface area contributed by atoms with Crippen molar-refractivity contribution in [2.75, 3.05) is 0 Å². The minimum absolute atomic E-state index is 0.0746. The fourth-order valence-electron chi connectivity index (χ4n) is 1.80. The van der Waals surface area contributed by atoms with Crippen molar-refractivity contribution in [1.82, 2.24) is 4.98 Å². The van der Waals surface area contributed by atoms with Gasteiger partial charge in [-0.2, -0.15) is 0 Å². The van der Waals surface area contributed by atoms with E-state index >= 15 is 0 Å². The molecule has 0 aliphatic rings. The average Bonchev–Trinajstić information content (AvgIpc) is 2.42. The highest BCUT2D eigenvalue weighted by Gasteiger charge is 2.07. The molecule has 0 atom stereocenters. The molecule has 0 bridgehead atoms. The minimum Gasteiger partial charge on any atom is -0.299 e. The maximum Gasteiger partial charge on any atom is 0.142 e. The van der Waals surface area contributed by atoms with Crippen LogP contribution in [0.5, 0.6) is 0 Å². The number of nitrogens with zero attached hydrogens (tertiary/aromatic N) is 1. The lowest BCUT2D eigenvalue weighted by Crippen LogP contribution is -2.04. The van der Waals surface area contributed by atoms with Crippen LogP contribution in [0.4, 0.5) is 4.39 Å². The van der Waals surface area contributed by atoms with Crippen LogP contribution in [-0.4, -0.2) is 10.8 Å². The number of carbonyl (C=O) groups excluding carboxylic acids is 1. The van der Waals surface area contributed by atoms with Crippen molar-refractivity contribution in [1.29, 1.82) is 0 Å². The number of pyridine rings is 1. The molecule has 1 heterocycles. The van der Waals surface area contributed by atoms with Crippen molar-refractivity contribution in [3.05, 3.63) is 64.7 Å². The predicted octanol–water partition coefficient (Wildman–Crippen LogP) is 3.62. The summed E-state index contributed by atoms with van der Waals surface area (Å²) in [6.07, 6.45) is 4.75. The van der Waals surface area contributed by atoms with Crippen molar-refractivity contribution >= 4 is 17.4 Å². The Bertz CT molecular complexity index is 572. The van der Waals surface area contributed by atoms with E-state index in [1.165, 1.54) is 12.1 Å². The zero-order valence-electron chi connectivity index (χ0n) is 10.3. The molecule has 2 aromatic rings. The van der Waals surface area contributed by atoms with Gasteiger partial charge in [0.15, 0.2) is 0 Å². The highest BCUT2D eigenvalue weighted by Crippen LogP contribution is 2.16. The molecule has 0 saturated carbocycles. The third kappa shape index (κ3) is 4.14. The molecule has 0 unspecified atom stereocenters. The van der Waals surface area contributed by atoms with E-state index in [1.807, 2.05) is 12.1 Å². The maximum atomic E-state index is 13.2. The Labute approximate surface area is 116 Å². The van der Waals surface area contributed by atoms with E-state index in [0.717, 1.165) is 5.56 Å². The molecule has 0 aliphatic heterocycles. The quantitative estimate of drug-likeness (QED) is 0.835. The highest BCUT2D eigenvalue weighted by atomic mass is 35.5. The van der Waals surface area contributed by atoms with Crippen LogP contribution in [0.15, 0.2) is 42.7 Å². The van der Waals surface area contributed by atoms with E-state index in [9.17, 15) is 9.18 Å². The summed E-state index contributed by atoms with van der Waals surface area (Å²) in [4.78, 5) is 15.8. The Morgan fingerprint density at radius 3 is 2.79 bits per heavy atom. The third-order valence-corrected chi connectivity index (χ3v) is 3.11. The number of hydrogen-bond donors (Lipinski definition) is 0. The Kier molecular flexibility index (Phi) is 4.63. The molecule has 0 fully saturated rings. The van der Waals surface area contributed by atoms with Gasteiger partial charge in [-0.25, -0.2) is 4.39 Å². The molecule has 98 valence electrons. The average molecular weight is 278 g/mol. The summed E-state index contributed by atoms with van der Waals surface area (Å²) in [5.74, 6) is -0.412. The van der Waals surface area contributed by atoms with Gasteiger partial charge in [0.1, 0.15) is 11.6 Å². The van der Waals surface area contributed by atoms with Crippen molar-refractivity contribution in [2.24, 2.45) is 0 Å². The van der Waals surface area contributed by atoms with E-state index in [0.29, 0.717) is 18.4 Å². The fraction of sp³-hybridized carbons (Fsp3) is 0.200. The molecule has 2 nitrogen and oxygen atoms in total. The largest absolute Gasteiger partial charge is 0.299 e. The number of aromatic nitrogens is 1. The number of halogens is 2. The van der Waals surface area contributed by atoms with Crippen LogP contribution >= 0.6 is 11.6 Å². The molecule has 1 aromatic carbocycles. The molecule has 0 radical (unpaired) electrons. The molecule has 0 N–H and O–H groups in total. The smallest absolute Gasteiger partial charge is 0.142 e. The summed E-state index contributed by atoms with van der Waals surface area (Å²) >= 11 is 5.59. The lowest BCUT2D eigenvalue weighted by Gasteiger charge is -2.03. The second kappa shape index (κ2) is 6.43. The van der Waals surface area contributed by atoms with Crippen molar-refractivity contribution in [3.8, 4) is 0 Å². The molecule has 0 saturated heterocycles. The minimum atomic E-state index is -0.487. The van der Waals surface area contributed by atoms with Crippen molar-refractivity contribution in [3.63, 3.8) is 0 Å². The summed E-state index contributed by atoms with van der Waals surface area (Å²) in [5.41, 5.74) is 1.68. The number of ketones is 1. The van der Waals surface area contributed by atoms with Gasteiger partial charge in [0, 0.05) is 25.2 Å². The Hall–Kier alpha value is -1.74. The van der Waals surface area contributed by atoms with E-state index in [4.69, 9.17) is 11.6 Å². The molecule has 1 aromatic heterocycles. The summed E-state index contributed by atoms with van der Waals surface area (Å²) in [7, 11) is 0. The fourth-order valence-corrected chi connectivity index (χ4v) is 1.91. The predicted molar refractivity (Wildman–Crippen MR) is 72.7 cm³/mol. The second-order valence-corrected chi connectivity index (χ2v) is 4.73. The molecule has 19 heavy (non-hydrogen) atoms. The van der Waals surface area contributed by atoms with Gasteiger partial charge >= 0.3 is 0 Å². The van der Waals surface area contributed by atoms with Crippen LogP contribution < -0.4 is 0 Å². The van der Waals surface area contributed by atoms with Crippen LogP contribution in [0.2, 0.25) is 5.02 Å². The topological polar surface area (TPSA) is 30.0 Å². The lowest BCUT2D eigenvalue weighted by molar-refractivity contribution is -0.118. The van der Waals surface area contributed by atoms with Gasteiger partial charge in [0.05, 0.1) is 5.02 Å². The highest BCUT2D eigenvalue weighted by molar-refractivity contribution is 6.30. The molecular weight excluding hydrogens is 265 g/mol. The summed E-state index contributed by atoms with van der Waals surface area (Å²) in [6, 6.07) is 8.23. The first-order valence-corrected chi connectivity index (χ1v) is 6.37. The van der Waals surface area contributed by atoms with Gasteiger partial charge in [-0.15, -0.1) is 0 Å². The Morgan fingerprint density at radius 2 is 2.11 bits per heavy atom. The zero-order valence-corrected chi connectivity index (χ0v) is 11.0. The monoisotopic (exact) mass is 277 g/mol. The van der Waals surface area contributed by atoms with E-state index < -0.39 is 5.82 Å². The number of benzene rings is 1. The van der Waals surface area contributed by atoms with Gasteiger partial charge in [-0.3, -0.25) is 9.78 Å². The van der Waals surface area contributed by atoms with Crippen molar-refractivity contribution in [2.45, 2.75) is 19.3 Å². The van der Waals surface area contributed by atoms with Crippen molar-refractivity contribution < 1.29 is 9.18 Å². The SMILES string of the molecule is O=C(CCc1cccnc1)Cc1ccc(Cl)c(F)c1. The lowest BCUT2D eigenvalue weighted by atomic mass is 10.0. The van der Waals surface area contributed by atoms with Gasteiger partial charge < -0.3 is 0 Å². The Balaban J connectivity index is 1.89. The Morgan fingerprint density at radius 1 is 1.26 bits per heavy atom. The summed E-state index contributed by atoms with van der Waals surface area (Å²) in [5, 5.41) is 0.0755. The molecule has 0 spiro atoms. The molecule has 0 aliphatic carbocycles. The maximum absolute atomic E-state index is 13.2. The third-order valence-electron chi connectivity index (χ3n) is 2.80. The zero-order chi connectivity index (χ0) is 13.7. The summed E-state index contributed by atoms with van der Waals surface area (Å²) in [6.45, 7) is 0. The van der Waals surface area contributed by atoms with Crippen LogP contribution in [0.25, 0.3) is 0 Å². The van der Waals surface area contributed by atoms with E-state index in [2.05, 4.69) is 4.98 Å². The van der Waals surface area contributed by atoms with E-state index in [-0.39, 0.29) is 17.2 Å². The van der Waals surface area contributed by atoms with Crippen LogP contribution in [0.1, 0.15) is 17.5 Å². The first kappa shape index (κ1) is 13.7. The first-order valence-electron chi connectivity index (χ1n) is 5.99. The van der Waals surface area contributed by atoms with Crippen LogP contribution in [0.3, 0.4) is 0 Å². The summed E-state index contributed by atoms with van der Waals surface area (Å²) < 4.78 is 13.2. The standard InChI is InChI=1S/C15H13ClFNO/c16-14-6-4-12(9-15(14)17)8-13(19)5-3-11-2-1-7-18-10-11/h1-2,4,6-7,9-10H,3,5,8H2. The van der Waals surface area contributed by atoms with Gasteiger partial charge in [-0.1, -0.05) is 23.7 Å². The molecule has 0 amide bonds. The number of rotatable bonds is 5. The second-order valence-electron chi connectivity index (χ2n) is 4.33. The van der Waals surface area contributed by atoms with Gasteiger partial charge in [0.25, 0.3) is 0 Å². The van der Waals surface area contributed by atoms with Crippen LogP contribution in [-0.2, 0) is 17.6 Å². The number of carbonyl (C=O) groups is 1. The molecule has 4 heteroatoms. The van der Waals surface area contributed by atoms with Gasteiger partial charge in [-0.05, 0) is 35.7 Å². The normalized spacial score (nSPS) is 10.4. The number of aryl methyl sites for hydroxylation is 1. The van der Waals surface area contributed by atoms with Crippen LogP contribution in [0, 0.1) is 5.82 Å². The molecule has 2 rings (SSSR count). The number of Topliss-reactive ketones (excluding diaryl/α,β-unsaturated/α-hetero) is 1.